The van der Waals surface area contributed by atoms with E-state index in [-0.39, 0.29) is 0 Å². The fourth-order valence-corrected chi connectivity index (χ4v) is 76.6. The van der Waals surface area contributed by atoms with Crippen molar-refractivity contribution in [2.24, 2.45) is 5.40 Å². The Hall–Kier alpha value is 1.95. The fraction of sp³-hybridized carbons (Fsp3) is 1.00. The zero-order chi connectivity index (χ0) is 18.1. The van der Waals surface area contributed by atoms with Gasteiger partial charge in [0.25, 0.3) is 0 Å². The van der Waals surface area contributed by atoms with Crippen molar-refractivity contribution in [3.63, 3.8) is 0 Å². The van der Waals surface area contributed by atoms with Crippen LogP contribution in [0, 0.1) is 0 Å². The number of nitrogens with zero attached hydrogens (tertiary/aromatic N) is 1. The molecule has 3 unspecified atom stereocenters. The Labute approximate surface area is 159 Å². The lowest BCUT2D eigenvalue weighted by atomic mass is 10.2. The molecule has 22 heavy (non-hydrogen) atoms. The van der Waals surface area contributed by atoms with Crippen LogP contribution < -0.4 is 5.40 Å². The minimum Gasteiger partial charge on any atom is -0.340 e. The Morgan fingerprint density at radius 3 is 1.41 bits per heavy atom. The maximum absolute atomic E-state index is 6.88. The van der Waals surface area contributed by atoms with Gasteiger partial charge in [0, 0.05) is 12.1 Å². The molecule has 0 aliphatic rings. The Kier molecular flexibility index (Phi) is 8.81. The molecule has 0 radical (unpaired) electrons. The second kappa shape index (κ2) is 8.10. The summed E-state index contributed by atoms with van der Waals surface area (Å²) in [5.41, 5.74) is -3.10. The zero-order valence-corrected chi connectivity index (χ0v) is 22.1. The molecule has 0 spiro atoms. The summed E-state index contributed by atoms with van der Waals surface area (Å²) in [4.78, 5) is 0. The van der Waals surface area contributed by atoms with Gasteiger partial charge in [-0.1, -0.05) is 53.9 Å². The van der Waals surface area contributed by atoms with E-state index in [1.165, 1.54) is 0 Å². The first-order valence-corrected chi connectivity index (χ1v) is 25.0. The maximum Gasteiger partial charge on any atom is 0.354 e. The molecule has 0 saturated heterocycles. The summed E-state index contributed by atoms with van der Waals surface area (Å²) in [6.07, 6.45) is 2.22. The van der Waals surface area contributed by atoms with Gasteiger partial charge in [-0.3, -0.25) is 0 Å². The van der Waals surface area contributed by atoms with Gasteiger partial charge in [-0.25, -0.2) is 0 Å². The number of hydrogen-bond acceptors (Lipinski definition) is 2. The maximum atomic E-state index is 6.88. The highest BCUT2D eigenvalue weighted by molar-refractivity contribution is 8.09. The molecule has 0 bridgehead atoms. The molecular weight excluding hydrogens is 426 g/mol. The van der Waals surface area contributed by atoms with Crippen LogP contribution in [0.25, 0.3) is 0 Å². The predicted molar refractivity (Wildman–Crippen MR) is 115 cm³/mol. The molecule has 0 fully saturated rings. The monoisotopic (exact) mass is 456 g/mol. The molecule has 0 saturated carbocycles. The van der Waals surface area contributed by atoms with Crippen LogP contribution in [-0.4, -0.2) is 43.6 Å². The highest BCUT2D eigenvalue weighted by Gasteiger charge is 2.68. The van der Waals surface area contributed by atoms with Gasteiger partial charge in [-0.05, 0) is 12.8 Å². The van der Waals surface area contributed by atoms with E-state index in [4.69, 9.17) is 49.7 Å². The molecule has 0 aromatic rings. The van der Waals surface area contributed by atoms with Crippen LogP contribution in [0.15, 0.2) is 0 Å². The Bertz CT molecular complexity index is 365. The van der Waals surface area contributed by atoms with Crippen molar-refractivity contribution in [3.05, 3.63) is 0 Å². The lowest BCUT2D eigenvalue weighted by Crippen LogP contribution is -2.86. The summed E-state index contributed by atoms with van der Waals surface area (Å²) in [6, 6.07) is 1.00. The third-order valence-electron chi connectivity index (χ3n) is 5.63. The van der Waals surface area contributed by atoms with Crippen molar-refractivity contribution in [1.82, 2.24) is 4.57 Å². The fourth-order valence-electron chi connectivity index (χ4n) is 3.05. The first-order chi connectivity index (χ1) is 9.59. The van der Waals surface area contributed by atoms with Crippen molar-refractivity contribution in [2.75, 3.05) is 0 Å². The molecule has 0 heterocycles. The van der Waals surface area contributed by atoms with E-state index in [0.717, 1.165) is 12.8 Å². The minimum atomic E-state index is -3.10. The Balaban J connectivity index is 6.03. The van der Waals surface area contributed by atoms with Gasteiger partial charge in [0.1, 0.15) is 7.75 Å². The SMILES string of the molecule is CCC(C)N(C(C)CC)[Si](C)(C)[Si](C)(C)[Si](N)(Cl)[Si](Cl)(Cl)Cl. The molecule has 0 rings (SSSR count). The Morgan fingerprint density at radius 1 is 0.864 bits per heavy atom. The average Bonchev–Trinajstić information content (AvgIpc) is 2.36. The van der Waals surface area contributed by atoms with E-state index in [2.05, 4.69) is 58.4 Å². The van der Waals surface area contributed by atoms with E-state index in [1.54, 1.807) is 0 Å². The van der Waals surface area contributed by atoms with E-state index >= 15 is 0 Å². The van der Waals surface area contributed by atoms with Crippen molar-refractivity contribution in [1.29, 1.82) is 0 Å². The van der Waals surface area contributed by atoms with Gasteiger partial charge in [0.2, 0.25) is 6.58 Å². The molecule has 134 valence electrons. The standard InChI is InChI=1S/C12H32Cl4N2Si4/c1-9-11(3)18(12(4)10-2)19(5,6)20(7,8)22(16,17)21(13,14)15/h11-12H,9-10,17H2,1-8H3. The predicted octanol–water partition coefficient (Wildman–Crippen LogP) is 5.33. The molecule has 10 heteroatoms. The van der Waals surface area contributed by atoms with Gasteiger partial charge < -0.3 is 9.96 Å². The molecule has 0 aliphatic heterocycles. The van der Waals surface area contributed by atoms with Crippen LogP contribution in [0.2, 0.25) is 26.2 Å². The highest BCUT2D eigenvalue weighted by Crippen LogP contribution is 2.42. The molecule has 2 N–H and O–H groups in total. The van der Waals surface area contributed by atoms with Gasteiger partial charge >= 0.3 is 5.52 Å². The number of nitrogens with two attached hydrogens (primary N) is 1. The first kappa shape index (κ1) is 23.9. The summed E-state index contributed by atoms with van der Waals surface area (Å²) in [7, 11) is -4.02. The lowest BCUT2D eigenvalue weighted by molar-refractivity contribution is 0.258. The highest BCUT2D eigenvalue weighted by atomic mass is 35.9. The van der Waals surface area contributed by atoms with Gasteiger partial charge in [0.15, 0.2) is 0 Å². The summed E-state index contributed by atoms with van der Waals surface area (Å²) in [6.45, 7) is 15.5. The van der Waals surface area contributed by atoms with Crippen LogP contribution in [-0.2, 0) is 0 Å². The van der Waals surface area contributed by atoms with Crippen LogP contribution in [0.1, 0.15) is 40.5 Å². The number of hydrogen-bond donors (Lipinski definition) is 1. The third kappa shape index (κ3) is 4.37. The van der Waals surface area contributed by atoms with Crippen LogP contribution in [0.3, 0.4) is 0 Å². The normalized spacial score (nSPS) is 19.9. The van der Waals surface area contributed by atoms with E-state index in [0.29, 0.717) is 12.1 Å². The smallest absolute Gasteiger partial charge is 0.340 e. The molecule has 0 amide bonds. The molecule has 0 aromatic carbocycles. The topological polar surface area (TPSA) is 29.3 Å². The number of halogens is 4. The molecule has 0 aliphatic carbocycles. The largest absolute Gasteiger partial charge is 0.354 e. The van der Waals surface area contributed by atoms with Gasteiger partial charge in [-0.2, -0.15) is 0 Å². The third-order valence-corrected chi connectivity index (χ3v) is 74.9. The summed E-state index contributed by atoms with van der Waals surface area (Å²) in [5, 5.41) is 6.62. The zero-order valence-electron chi connectivity index (χ0n) is 15.1. The summed E-state index contributed by atoms with van der Waals surface area (Å²) < 4.78 is 2.71. The molecule has 3 atom stereocenters. The quantitative estimate of drug-likeness (QED) is 0.394. The van der Waals surface area contributed by atoms with Crippen molar-refractivity contribution in [3.8, 4) is 0 Å². The molecule has 2 nitrogen and oxygen atoms in total. The van der Waals surface area contributed by atoms with E-state index in [1.807, 2.05) is 0 Å². The van der Waals surface area contributed by atoms with Gasteiger partial charge in [0.05, 0.1) is 7.11 Å². The van der Waals surface area contributed by atoms with Crippen molar-refractivity contribution < 1.29 is 0 Å². The average molecular weight is 459 g/mol. The number of rotatable bonds is 8. The first-order valence-electron chi connectivity index (χ1n) is 7.92. The minimum absolute atomic E-state index is 0.502. The summed E-state index contributed by atoms with van der Waals surface area (Å²) >= 11 is 26.0. The van der Waals surface area contributed by atoms with E-state index < -0.39 is 27.0 Å². The van der Waals surface area contributed by atoms with Crippen LogP contribution >= 0.6 is 44.3 Å². The Morgan fingerprint density at radius 2 is 1.18 bits per heavy atom. The second-order valence-electron chi connectivity index (χ2n) is 7.32. The van der Waals surface area contributed by atoms with Crippen molar-refractivity contribution in [2.45, 2.75) is 78.8 Å². The van der Waals surface area contributed by atoms with Crippen LogP contribution in [0.4, 0.5) is 0 Å². The second-order valence-corrected chi connectivity index (χ2v) is 51.2. The van der Waals surface area contributed by atoms with Crippen molar-refractivity contribution >= 4 is 71.3 Å². The lowest BCUT2D eigenvalue weighted by Gasteiger charge is -2.55. The van der Waals surface area contributed by atoms with E-state index in [9.17, 15) is 0 Å². The van der Waals surface area contributed by atoms with Gasteiger partial charge in [-0.15, -0.1) is 44.3 Å². The molecular formula is C12H32Cl4N2Si4. The van der Waals surface area contributed by atoms with Crippen LogP contribution in [0.5, 0.6) is 0 Å². The summed E-state index contributed by atoms with van der Waals surface area (Å²) in [5.74, 6) is 0. The molecule has 0 aromatic heterocycles.